The molecular formula is C13H10O4. The van der Waals surface area contributed by atoms with Gasteiger partial charge in [0.2, 0.25) is 0 Å². The summed E-state index contributed by atoms with van der Waals surface area (Å²) >= 11 is 0. The number of furan rings is 1. The van der Waals surface area contributed by atoms with Crippen LogP contribution in [0, 0.1) is 0 Å². The number of rotatable bonds is 3. The van der Waals surface area contributed by atoms with Crippen LogP contribution in [0.3, 0.4) is 0 Å². The van der Waals surface area contributed by atoms with Gasteiger partial charge in [0.25, 0.3) is 0 Å². The summed E-state index contributed by atoms with van der Waals surface area (Å²) in [5.41, 5.74) is 1.83. The van der Waals surface area contributed by atoms with Gasteiger partial charge in [0.15, 0.2) is 12.0 Å². The summed E-state index contributed by atoms with van der Waals surface area (Å²) in [6.45, 7) is 0. The average Bonchev–Trinajstić information content (AvgIpc) is 2.86. The highest BCUT2D eigenvalue weighted by atomic mass is 16.5. The van der Waals surface area contributed by atoms with Gasteiger partial charge in [-0.25, -0.2) is 4.79 Å². The van der Waals surface area contributed by atoms with Gasteiger partial charge in [0.1, 0.15) is 0 Å². The maximum Gasteiger partial charge on any atom is 0.337 e. The van der Waals surface area contributed by atoms with Crippen LogP contribution in [0.5, 0.6) is 0 Å². The predicted molar refractivity (Wildman–Crippen MR) is 60.9 cm³/mol. The fourth-order valence-corrected chi connectivity index (χ4v) is 1.58. The van der Waals surface area contributed by atoms with E-state index in [0.29, 0.717) is 17.4 Å². The minimum absolute atomic E-state index is 0.243. The average molecular weight is 230 g/mol. The number of hydrogen-bond acceptors (Lipinski definition) is 4. The molecular weight excluding hydrogens is 220 g/mol. The number of aldehydes is 1. The van der Waals surface area contributed by atoms with Gasteiger partial charge < -0.3 is 9.15 Å². The number of ether oxygens (including phenoxy) is 1. The van der Waals surface area contributed by atoms with E-state index in [0.717, 1.165) is 5.56 Å². The SMILES string of the molecule is COC(=O)c1cccc(-c2ccoc2C=O)c1. The van der Waals surface area contributed by atoms with Crippen LogP contribution >= 0.6 is 0 Å². The fourth-order valence-electron chi connectivity index (χ4n) is 1.58. The Labute approximate surface area is 97.8 Å². The molecule has 2 aromatic rings. The molecule has 0 unspecified atom stereocenters. The Bertz CT molecular complexity index is 554. The van der Waals surface area contributed by atoms with Crippen LogP contribution < -0.4 is 0 Å². The lowest BCUT2D eigenvalue weighted by atomic mass is 10.0. The van der Waals surface area contributed by atoms with Gasteiger partial charge in [0.05, 0.1) is 18.9 Å². The quantitative estimate of drug-likeness (QED) is 0.600. The number of benzene rings is 1. The zero-order chi connectivity index (χ0) is 12.3. The molecule has 0 saturated heterocycles. The van der Waals surface area contributed by atoms with Gasteiger partial charge >= 0.3 is 5.97 Å². The molecule has 0 atom stereocenters. The van der Waals surface area contributed by atoms with E-state index in [9.17, 15) is 9.59 Å². The largest absolute Gasteiger partial charge is 0.465 e. The minimum Gasteiger partial charge on any atom is -0.465 e. The summed E-state index contributed by atoms with van der Waals surface area (Å²) in [7, 11) is 1.32. The molecule has 0 fully saturated rings. The van der Waals surface area contributed by atoms with E-state index >= 15 is 0 Å². The monoisotopic (exact) mass is 230 g/mol. The van der Waals surface area contributed by atoms with Crippen molar-refractivity contribution >= 4 is 12.3 Å². The number of carbonyl (C=O) groups excluding carboxylic acids is 2. The van der Waals surface area contributed by atoms with E-state index in [1.54, 1.807) is 30.3 Å². The molecule has 0 bridgehead atoms. The van der Waals surface area contributed by atoms with E-state index < -0.39 is 5.97 Å². The second-order valence-corrected chi connectivity index (χ2v) is 3.39. The van der Waals surface area contributed by atoms with Gasteiger partial charge in [-0.3, -0.25) is 4.79 Å². The highest BCUT2D eigenvalue weighted by Gasteiger charge is 2.11. The lowest BCUT2D eigenvalue weighted by Gasteiger charge is -2.02. The lowest BCUT2D eigenvalue weighted by Crippen LogP contribution is -2.00. The molecule has 1 heterocycles. The Morgan fingerprint density at radius 2 is 2.18 bits per heavy atom. The van der Waals surface area contributed by atoms with Crippen LogP contribution in [0.4, 0.5) is 0 Å². The zero-order valence-corrected chi connectivity index (χ0v) is 9.17. The molecule has 0 aliphatic rings. The molecule has 0 aliphatic carbocycles. The zero-order valence-electron chi connectivity index (χ0n) is 9.17. The molecule has 1 aromatic carbocycles. The molecule has 0 amide bonds. The van der Waals surface area contributed by atoms with Crippen molar-refractivity contribution in [3.8, 4) is 11.1 Å². The van der Waals surface area contributed by atoms with Crippen molar-refractivity contribution < 1.29 is 18.7 Å². The molecule has 0 saturated carbocycles. The van der Waals surface area contributed by atoms with Crippen molar-refractivity contribution in [2.75, 3.05) is 7.11 Å². The highest BCUT2D eigenvalue weighted by Crippen LogP contribution is 2.24. The van der Waals surface area contributed by atoms with Crippen LogP contribution in [-0.2, 0) is 4.74 Å². The summed E-state index contributed by atoms with van der Waals surface area (Å²) in [4.78, 5) is 22.1. The smallest absolute Gasteiger partial charge is 0.337 e. The Kier molecular flexibility index (Phi) is 3.05. The molecule has 0 N–H and O–H groups in total. The van der Waals surface area contributed by atoms with E-state index in [1.807, 2.05) is 0 Å². The molecule has 17 heavy (non-hydrogen) atoms. The summed E-state index contributed by atoms with van der Waals surface area (Å²) < 4.78 is 9.64. The summed E-state index contributed by atoms with van der Waals surface area (Å²) in [5, 5.41) is 0. The van der Waals surface area contributed by atoms with Gasteiger partial charge in [-0.2, -0.15) is 0 Å². The first kappa shape index (κ1) is 11.1. The van der Waals surface area contributed by atoms with E-state index in [2.05, 4.69) is 4.74 Å². The van der Waals surface area contributed by atoms with E-state index in [1.165, 1.54) is 13.4 Å². The van der Waals surface area contributed by atoms with Crippen LogP contribution in [0.1, 0.15) is 20.9 Å². The topological polar surface area (TPSA) is 56.5 Å². The number of methoxy groups -OCH3 is 1. The number of hydrogen-bond donors (Lipinski definition) is 0. The Balaban J connectivity index is 2.46. The molecule has 1 aromatic heterocycles. The van der Waals surface area contributed by atoms with Gasteiger partial charge in [-0.05, 0) is 23.8 Å². The lowest BCUT2D eigenvalue weighted by molar-refractivity contribution is 0.0600. The van der Waals surface area contributed by atoms with Crippen molar-refractivity contribution in [2.24, 2.45) is 0 Å². The molecule has 4 nitrogen and oxygen atoms in total. The van der Waals surface area contributed by atoms with Gasteiger partial charge in [-0.15, -0.1) is 0 Å². The third kappa shape index (κ3) is 2.10. The Hall–Kier alpha value is -2.36. The normalized spacial score (nSPS) is 9.94. The maximum absolute atomic E-state index is 11.4. The van der Waals surface area contributed by atoms with Crippen LogP contribution in [0.25, 0.3) is 11.1 Å². The van der Waals surface area contributed by atoms with Crippen LogP contribution in [0.15, 0.2) is 41.0 Å². The molecule has 0 aliphatic heterocycles. The number of esters is 1. The number of carbonyl (C=O) groups is 2. The third-order valence-electron chi connectivity index (χ3n) is 2.40. The third-order valence-corrected chi connectivity index (χ3v) is 2.40. The van der Waals surface area contributed by atoms with Crippen molar-refractivity contribution in [2.45, 2.75) is 0 Å². The Morgan fingerprint density at radius 3 is 2.88 bits per heavy atom. The van der Waals surface area contributed by atoms with Crippen LogP contribution in [-0.4, -0.2) is 19.4 Å². The Morgan fingerprint density at radius 1 is 1.35 bits per heavy atom. The highest BCUT2D eigenvalue weighted by molar-refractivity contribution is 5.92. The standard InChI is InChI=1S/C13H10O4/c1-16-13(15)10-4-2-3-9(7-10)11-5-6-17-12(11)8-14/h2-8H,1H3. The molecule has 86 valence electrons. The fraction of sp³-hybridized carbons (Fsp3) is 0.0769. The molecule has 0 spiro atoms. The molecule has 2 rings (SSSR count). The summed E-state index contributed by atoms with van der Waals surface area (Å²) in [6.07, 6.45) is 2.07. The maximum atomic E-state index is 11.4. The molecule has 4 heteroatoms. The minimum atomic E-state index is -0.414. The molecule has 0 radical (unpaired) electrons. The first-order valence-electron chi connectivity index (χ1n) is 4.97. The van der Waals surface area contributed by atoms with Crippen molar-refractivity contribution in [1.82, 2.24) is 0 Å². The summed E-state index contributed by atoms with van der Waals surface area (Å²) in [6, 6.07) is 8.51. The van der Waals surface area contributed by atoms with Crippen molar-refractivity contribution in [3.63, 3.8) is 0 Å². The van der Waals surface area contributed by atoms with Crippen molar-refractivity contribution in [1.29, 1.82) is 0 Å². The summed E-state index contributed by atoms with van der Waals surface area (Å²) in [5.74, 6) is -0.171. The van der Waals surface area contributed by atoms with Crippen LogP contribution in [0.2, 0.25) is 0 Å². The van der Waals surface area contributed by atoms with Crippen molar-refractivity contribution in [3.05, 3.63) is 47.9 Å². The van der Waals surface area contributed by atoms with Gasteiger partial charge in [-0.1, -0.05) is 12.1 Å². The van der Waals surface area contributed by atoms with E-state index in [-0.39, 0.29) is 5.76 Å². The van der Waals surface area contributed by atoms with Gasteiger partial charge in [0, 0.05) is 5.56 Å². The van der Waals surface area contributed by atoms with E-state index in [4.69, 9.17) is 4.42 Å². The predicted octanol–water partition coefficient (Wildman–Crippen LogP) is 2.55. The second kappa shape index (κ2) is 4.65. The first-order valence-corrected chi connectivity index (χ1v) is 4.97. The second-order valence-electron chi connectivity index (χ2n) is 3.39. The first-order chi connectivity index (χ1) is 8.26.